The van der Waals surface area contributed by atoms with Crippen molar-refractivity contribution in [2.24, 2.45) is 0 Å². The Kier molecular flexibility index (Phi) is 34.4. The Morgan fingerprint density at radius 1 is 0.535 bits per heavy atom. The molecule has 0 rings (SSSR count). The van der Waals surface area contributed by atoms with Crippen LogP contribution in [0.25, 0.3) is 0 Å². The molecule has 0 aromatic rings. The van der Waals surface area contributed by atoms with Crippen LogP contribution in [0.3, 0.4) is 0 Å². The standard InChI is InChI=1S/C39H75NO3/c1-3-5-7-9-11-13-15-16-17-18-19-20-21-22-23-24-25-27-29-31-33-35-39(43)40-37(36-41)38(42)34-32-30-28-26-14-12-10-8-6-4-2/h14,26,32,34,37-38,41-42H,3-13,15-25,27-31,33,35-36H2,1-2H3,(H,40,43)/b26-14+,34-32+. The first-order valence-electron chi connectivity index (χ1n) is 19.1. The van der Waals surface area contributed by atoms with E-state index in [1.54, 1.807) is 6.08 Å². The van der Waals surface area contributed by atoms with Crippen LogP contribution >= 0.6 is 0 Å². The molecule has 3 N–H and O–H groups in total. The average Bonchev–Trinajstić information content (AvgIpc) is 3.01. The monoisotopic (exact) mass is 606 g/mol. The lowest BCUT2D eigenvalue weighted by Crippen LogP contribution is -2.45. The van der Waals surface area contributed by atoms with Gasteiger partial charge in [0.25, 0.3) is 0 Å². The third-order valence-corrected chi connectivity index (χ3v) is 8.69. The van der Waals surface area contributed by atoms with E-state index in [-0.39, 0.29) is 12.5 Å². The molecule has 1 amide bonds. The van der Waals surface area contributed by atoms with Gasteiger partial charge in [0, 0.05) is 6.42 Å². The maximum Gasteiger partial charge on any atom is 0.220 e. The maximum atomic E-state index is 12.3. The van der Waals surface area contributed by atoms with Crippen molar-refractivity contribution in [3.05, 3.63) is 24.3 Å². The summed E-state index contributed by atoms with van der Waals surface area (Å²) >= 11 is 0. The van der Waals surface area contributed by atoms with Crippen LogP contribution in [-0.4, -0.2) is 34.9 Å². The van der Waals surface area contributed by atoms with Crippen LogP contribution in [0, 0.1) is 0 Å². The summed E-state index contributed by atoms with van der Waals surface area (Å²) in [6.07, 6.45) is 44.2. The highest BCUT2D eigenvalue weighted by Gasteiger charge is 2.17. The number of rotatable bonds is 34. The van der Waals surface area contributed by atoms with E-state index in [0.29, 0.717) is 6.42 Å². The number of allylic oxidation sites excluding steroid dienone is 3. The van der Waals surface area contributed by atoms with Crippen LogP contribution < -0.4 is 5.32 Å². The van der Waals surface area contributed by atoms with Crippen LogP contribution in [0.1, 0.15) is 200 Å². The van der Waals surface area contributed by atoms with E-state index in [1.807, 2.05) is 6.08 Å². The minimum atomic E-state index is -0.855. The van der Waals surface area contributed by atoms with Gasteiger partial charge in [-0.05, 0) is 32.1 Å². The first kappa shape index (κ1) is 41.9. The van der Waals surface area contributed by atoms with Crippen molar-refractivity contribution in [3.63, 3.8) is 0 Å². The average molecular weight is 606 g/mol. The highest BCUT2D eigenvalue weighted by Crippen LogP contribution is 2.15. The van der Waals surface area contributed by atoms with Gasteiger partial charge >= 0.3 is 0 Å². The molecule has 0 aliphatic carbocycles. The van der Waals surface area contributed by atoms with E-state index >= 15 is 0 Å². The lowest BCUT2D eigenvalue weighted by Gasteiger charge is -2.19. The molecule has 4 heteroatoms. The van der Waals surface area contributed by atoms with Gasteiger partial charge < -0.3 is 15.5 Å². The smallest absolute Gasteiger partial charge is 0.220 e. The van der Waals surface area contributed by atoms with Crippen molar-refractivity contribution in [1.82, 2.24) is 5.32 Å². The second-order valence-corrected chi connectivity index (χ2v) is 13.0. The summed E-state index contributed by atoms with van der Waals surface area (Å²) in [6, 6.07) is -0.632. The molecule has 0 fully saturated rings. The second kappa shape index (κ2) is 35.4. The number of carbonyl (C=O) groups is 1. The van der Waals surface area contributed by atoms with Crippen LogP contribution in [0.5, 0.6) is 0 Å². The second-order valence-electron chi connectivity index (χ2n) is 13.0. The molecule has 43 heavy (non-hydrogen) atoms. The molecule has 0 saturated heterocycles. The predicted octanol–water partition coefficient (Wildman–Crippen LogP) is 11.3. The summed E-state index contributed by atoms with van der Waals surface area (Å²) in [7, 11) is 0. The van der Waals surface area contributed by atoms with Crippen molar-refractivity contribution in [3.8, 4) is 0 Å². The fourth-order valence-electron chi connectivity index (χ4n) is 5.72. The highest BCUT2D eigenvalue weighted by atomic mass is 16.3. The summed E-state index contributed by atoms with van der Waals surface area (Å²) < 4.78 is 0. The summed E-state index contributed by atoms with van der Waals surface area (Å²) in [6.45, 7) is 4.26. The van der Waals surface area contributed by atoms with Crippen molar-refractivity contribution >= 4 is 5.91 Å². The predicted molar refractivity (Wildman–Crippen MR) is 189 cm³/mol. The Morgan fingerprint density at radius 2 is 0.907 bits per heavy atom. The Bertz CT molecular complexity index is 618. The lowest BCUT2D eigenvalue weighted by atomic mass is 10.0. The number of amides is 1. The Morgan fingerprint density at radius 3 is 1.35 bits per heavy atom. The van der Waals surface area contributed by atoms with Crippen LogP contribution in [0.4, 0.5) is 0 Å². The van der Waals surface area contributed by atoms with E-state index in [0.717, 1.165) is 32.1 Å². The van der Waals surface area contributed by atoms with Crippen molar-refractivity contribution in [2.75, 3.05) is 6.61 Å². The number of carbonyl (C=O) groups excluding carboxylic acids is 1. The zero-order chi connectivity index (χ0) is 31.5. The van der Waals surface area contributed by atoms with E-state index in [9.17, 15) is 15.0 Å². The number of aliphatic hydroxyl groups excluding tert-OH is 2. The van der Waals surface area contributed by atoms with Gasteiger partial charge in [-0.15, -0.1) is 0 Å². The van der Waals surface area contributed by atoms with E-state index in [1.165, 1.54) is 148 Å². The van der Waals surface area contributed by atoms with Gasteiger partial charge in [0.15, 0.2) is 0 Å². The molecule has 0 aromatic heterocycles. The molecule has 254 valence electrons. The van der Waals surface area contributed by atoms with E-state index in [4.69, 9.17) is 0 Å². The quantitative estimate of drug-likeness (QED) is 0.0505. The lowest BCUT2D eigenvalue weighted by molar-refractivity contribution is -0.123. The molecule has 0 heterocycles. The molecule has 2 atom stereocenters. The highest BCUT2D eigenvalue weighted by molar-refractivity contribution is 5.76. The summed E-state index contributed by atoms with van der Waals surface area (Å²) in [5, 5.41) is 22.8. The zero-order valence-electron chi connectivity index (χ0n) is 29.0. The van der Waals surface area contributed by atoms with Gasteiger partial charge in [-0.1, -0.05) is 186 Å². The van der Waals surface area contributed by atoms with Crippen LogP contribution in [0.2, 0.25) is 0 Å². The summed E-state index contributed by atoms with van der Waals surface area (Å²) in [5.41, 5.74) is 0. The Hall–Kier alpha value is -1.13. The van der Waals surface area contributed by atoms with E-state index < -0.39 is 12.1 Å². The number of hydrogen-bond donors (Lipinski definition) is 3. The minimum absolute atomic E-state index is 0.0738. The molecular weight excluding hydrogens is 530 g/mol. The molecule has 0 aromatic carbocycles. The molecular formula is C39H75NO3. The number of hydrogen-bond acceptors (Lipinski definition) is 3. The molecule has 2 unspecified atom stereocenters. The Labute approximate surface area is 269 Å². The molecule has 0 spiro atoms. The third-order valence-electron chi connectivity index (χ3n) is 8.69. The fourth-order valence-corrected chi connectivity index (χ4v) is 5.72. The molecule has 0 aliphatic heterocycles. The largest absolute Gasteiger partial charge is 0.394 e. The molecule has 4 nitrogen and oxygen atoms in total. The topological polar surface area (TPSA) is 69.6 Å². The van der Waals surface area contributed by atoms with Crippen molar-refractivity contribution in [1.29, 1.82) is 0 Å². The van der Waals surface area contributed by atoms with E-state index in [2.05, 4.69) is 31.3 Å². The van der Waals surface area contributed by atoms with Gasteiger partial charge in [-0.25, -0.2) is 0 Å². The number of aliphatic hydroxyl groups is 2. The van der Waals surface area contributed by atoms with Gasteiger partial charge in [-0.3, -0.25) is 4.79 Å². The Balaban J connectivity index is 3.53. The number of nitrogens with one attached hydrogen (secondary N) is 1. The first-order chi connectivity index (χ1) is 21.2. The van der Waals surface area contributed by atoms with Crippen LogP contribution in [0.15, 0.2) is 24.3 Å². The molecule has 0 saturated carbocycles. The molecule has 0 bridgehead atoms. The van der Waals surface area contributed by atoms with Crippen molar-refractivity contribution < 1.29 is 15.0 Å². The third kappa shape index (κ3) is 32.1. The molecule has 0 radical (unpaired) electrons. The van der Waals surface area contributed by atoms with Gasteiger partial charge in [0.2, 0.25) is 5.91 Å². The van der Waals surface area contributed by atoms with Crippen molar-refractivity contribution in [2.45, 2.75) is 212 Å². The maximum absolute atomic E-state index is 12.3. The van der Waals surface area contributed by atoms with Gasteiger partial charge in [0.05, 0.1) is 18.8 Å². The normalized spacial score (nSPS) is 13.3. The summed E-state index contributed by atoms with van der Waals surface area (Å²) in [4.78, 5) is 12.3. The van der Waals surface area contributed by atoms with Crippen LogP contribution in [-0.2, 0) is 4.79 Å². The summed E-state index contributed by atoms with van der Waals surface area (Å²) in [5.74, 6) is -0.0738. The minimum Gasteiger partial charge on any atom is -0.394 e. The fraction of sp³-hybridized carbons (Fsp3) is 0.872. The molecule has 0 aliphatic rings. The number of unbranched alkanes of at least 4 members (excludes halogenated alkanes) is 25. The SMILES string of the molecule is CCCCCC/C=C/CC/C=C/C(O)C(CO)NC(=O)CCCCCCCCCCCCCCCCCCCCCCC. The van der Waals surface area contributed by atoms with Gasteiger partial charge in [-0.2, -0.15) is 0 Å². The first-order valence-corrected chi connectivity index (χ1v) is 19.1. The van der Waals surface area contributed by atoms with Gasteiger partial charge in [0.1, 0.15) is 0 Å². The zero-order valence-corrected chi connectivity index (χ0v) is 29.0.